The molecule has 1 aromatic rings. The number of carboxylic acid groups (broad SMARTS) is 1. The maximum absolute atomic E-state index is 10.5. The van der Waals surface area contributed by atoms with Crippen molar-refractivity contribution in [1.29, 1.82) is 0 Å². The van der Waals surface area contributed by atoms with Gasteiger partial charge in [-0.3, -0.25) is 0 Å². The van der Waals surface area contributed by atoms with E-state index in [1.165, 1.54) is 11.3 Å². The van der Waals surface area contributed by atoms with Crippen LogP contribution in [0.3, 0.4) is 0 Å². The highest BCUT2D eigenvalue weighted by molar-refractivity contribution is 7.14. The van der Waals surface area contributed by atoms with Crippen LogP contribution in [0.2, 0.25) is 0 Å². The number of hydrogen-bond donors (Lipinski definition) is 1. The molecule has 2 nitrogen and oxygen atoms in total. The third-order valence-corrected chi connectivity index (χ3v) is 3.24. The van der Waals surface area contributed by atoms with Gasteiger partial charge in [0.2, 0.25) is 0 Å². The highest BCUT2D eigenvalue weighted by atomic mass is 32.1. The summed E-state index contributed by atoms with van der Waals surface area (Å²) in [6.45, 7) is 4.21. The summed E-state index contributed by atoms with van der Waals surface area (Å²) in [6, 6.07) is 3.58. The third-order valence-electron chi connectivity index (χ3n) is 1.94. The van der Waals surface area contributed by atoms with E-state index in [9.17, 15) is 4.79 Å². The lowest BCUT2D eigenvalue weighted by atomic mass is 10.1. The summed E-state index contributed by atoms with van der Waals surface area (Å²) >= 11 is 1.37. The zero-order valence-electron chi connectivity index (χ0n) is 7.20. The lowest BCUT2D eigenvalue weighted by molar-refractivity contribution is 0.0702. The first-order valence-electron chi connectivity index (χ1n) is 3.98. The van der Waals surface area contributed by atoms with Gasteiger partial charge in [0.25, 0.3) is 0 Å². The van der Waals surface area contributed by atoms with Crippen LogP contribution in [0.25, 0.3) is 0 Å². The molecule has 0 aliphatic heterocycles. The average Bonchev–Trinajstić information content (AvgIpc) is 2.51. The van der Waals surface area contributed by atoms with Crippen LogP contribution < -0.4 is 0 Å². The summed E-state index contributed by atoms with van der Waals surface area (Å²) in [5, 5.41) is 8.66. The first kappa shape index (κ1) is 9.26. The van der Waals surface area contributed by atoms with Crippen molar-refractivity contribution >= 4 is 17.3 Å². The Balaban J connectivity index is 2.84. The molecule has 0 fully saturated rings. The van der Waals surface area contributed by atoms with Crippen molar-refractivity contribution in [3.8, 4) is 0 Å². The van der Waals surface area contributed by atoms with Crippen LogP contribution in [-0.2, 0) is 0 Å². The van der Waals surface area contributed by atoms with Crippen LogP contribution in [0.15, 0.2) is 12.1 Å². The molecule has 1 atom stereocenters. The van der Waals surface area contributed by atoms with Crippen molar-refractivity contribution in [3.63, 3.8) is 0 Å². The summed E-state index contributed by atoms with van der Waals surface area (Å²) in [4.78, 5) is 12.1. The molecule has 0 aliphatic carbocycles. The second-order valence-electron chi connectivity index (χ2n) is 2.82. The van der Waals surface area contributed by atoms with Crippen LogP contribution >= 0.6 is 11.3 Å². The van der Waals surface area contributed by atoms with E-state index < -0.39 is 5.97 Å². The minimum absolute atomic E-state index is 0.435. The minimum atomic E-state index is -0.824. The Morgan fingerprint density at radius 3 is 2.75 bits per heavy atom. The predicted molar refractivity (Wildman–Crippen MR) is 50.0 cm³/mol. The molecular weight excluding hydrogens is 172 g/mol. The highest BCUT2D eigenvalue weighted by Crippen LogP contribution is 2.26. The number of rotatable bonds is 3. The molecule has 0 spiro atoms. The smallest absolute Gasteiger partial charge is 0.345 e. The predicted octanol–water partition coefficient (Wildman–Crippen LogP) is 2.96. The molecule has 12 heavy (non-hydrogen) atoms. The van der Waals surface area contributed by atoms with Gasteiger partial charge in [0.1, 0.15) is 4.88 Å². The van der Waals surface area contributed by atoms with Crippen molar-refractivity contribution in [3.05, 3.63) is 21.9 Å². The summed E-state index contributed by atoms with van der Waals surface area (Å²) in [5.41, 5.74) is 0. The molecule has 0 saturated heterocycles. The monoisotopic (exact) mass is 184 g/mol. The van der Waals surface area contributed by atoms with Gasteiger partial charge in [0.05, 0.1) is 0 Å². The Morgan fingerprint density at radius 1 is 1.67 bits per heavy atom. The van der Waals surface area contributed by atoms with Gasteiger partial charge in [-0.1, -0.05) is 13.8 Å². The number of carbonyl (C=O) groups is 1. The molecule has 0 saturated carbocycles. The number of thiophene rings is 1. The fourth-order valence-corrected chi connectivity index (χ4v) is 1.92. The third kappa shape index (κ3) is 1.85. The van der Waals surface area contributed by atoms with Gasteiger partial charge < -0.3 is 5.11 Å². The first-order chi connectivity index (χ1) is 5.65. The van der Waals surface area contributed by atoms with Gasteiger partial charge in [0.15, 0.2) is 0 Å². The number of carboxylic acids is 1. The zero-order chi connectivity index (χ0) is 9.14. The maximum atomic E-state index is 10.5. The molecule has 0 aromatic carbocycles. The molecule has 3 heteroatoms. The molecule has 1 rings (SSSR count). The Morgan fingerprint density at radius 2 is 2.33 bits per heavy atom. The van der Waals surface area contributed by atoms with Gasteiger partial charge in [-0.05, 0) is 24.5 Å². The van der Waals surface area contributed by atoms with E-state index in [2.05, 4.69) is 13.8 Å². The molecule has 1 aromatic heterocycles. The van der Waals surface area contributed by atoms with E-state index in [0.29, 0.717) is 10.8 Å². The lowest BCUT2D eigenvalue weighted by Gasteiger charge is -2.02. The van der Waals surface area contributed by atoms with Crippen molar-refractivity contribution < 1.29 is 9.90 Å². The zero-order valence-corrected chi connectivity index (χ0v) is 8.02. The van der Waals surface area contributed by atoms with E-state index in [4.69, 9.17) is 5.11 Å². The molecule has 0 bridgehead atoms. The van der Waals surface area contributed by atoms with E-state index in [1.54, 1.807) is 6.07 Å². The van der Waals surface area contributed by atoms with E-state index in [-0.39, 0.29) is 0 Å². The molecule has 0 radical (unpaired) electrons. The SMILES string of the molecule is CCC(C)c1ccc(C(=O)O)s1. The largest absolute Gasteiger partial charge is 0.477 e. The molecule has 0 amide bonds. The van der Waals surface area contributed by atoms with Crippen molar-refractivity contribution in [2.75, 3.05) is 0 Å². The quantitative estimate of drug-likeness (QED) is 0.784. The fraction of sp³-hybridized carbons (Fsp3) is 0.444. The summed E-state index contributed by atoms with van der Waals surface area (Å²) in [7, 11) is 0. The second kappa shape index (κ2) is 3.72. The minimum Gasteiger partial charge on any atom is -0.477 e. The summed E-state index contributed by atoms with van der Waals surface area (Å²) in [5.74, 6) is -0.349. The van der Waals surface area contributed by atoms with Crippen LogP contribution in [0.1, 0.15) is 40.7 Å². The Bertz CT molecular complexity index is 278. The van der Waals surface area contributed by atoms with Gasteiger partial charge >= 0.3 is 5.97 Å². The van der Waals surface area contributed by atoms with Crippen molar-refractivity contribution in [2.24, 2.45) is 0 Å². The van der Waals surface area contributed by atoms with Crippen molar-refractivity contribution in [1.82, 2.24) is 0 Å². The first-order valence-corrected chi connectivity index (χ1v) is 4.79. The number of hydrogen-bond acceptors (Lipinski definition) is 2. The standard InChI is InChI=1S/C9H12O2S/c1-3-6(2)7-4-5-8(12-7)9(10)11/h4-6H,3H2,1-2H3,(H,10,11). The molecule has 66 valence electrons. The highest BCUT2D eigenvalue weighted by Gasteiger charge is 2.10. The lowest BCUT2D eigenvalue weighted by Crippen LogP contribution is -1.90. The maximum Gasteiger partial charge on any atom is 0.345 e. The van der Waals surface area contributed by atoms with Gasteiger partial charge in [-0.15, -0.1) is 11.3 Å². The summed E-state index contributed by atoms with van der Waals surface area (Å²) < 4.78 is 0. The van der Waals surface area contributed by atoms with Gasteiger partial charge in [-0.2, -0.15) is 0 Å². The van der Waals surface area contributed by atoms with Gasteiger partial charge in [-0.25, -0.2) is 4.79 Å². The van der Waals surface area contributed by atoms with E-state index >= 15 is 0 Å². The number of aromatic carboxylic acids is 1. The van der Waals surface area contributed by atoms with E-state index in [0.717, 1.165) is 11.3 Å². The fourth-order valence-electron chi connectivity index (χ4n) is 0.934. The molecule has 0 aliphatic rings. The Labute approximate surface area is 75.9 Å². The van der Waals surface area contributed by atoms with E-state index in [1.807, 2.05) is 6.07 Å². The van der Waals surface area contributed by atoms with Gasteiger partial charge in [0, 0.05) is 4.88 Å². The summed E-state index contributed by atoms with van der Waals surface area (Å²) in [6.07, 6.45) is 1.06. The Kier molecular flexibility index (Phi) is 2.87. The van der Waals surface area contributed by atoms with Crippen LogP contribution in [0, 0.1) is 0 Å². The molecule has 1 N–H and O–H groups in total. The second-order valence-corrected chi connectivity index (χ2v) is 3.93. The van der Waals surface area contributed by atoms with Crippen LogP contribution in [0.5, 0.6) is 0 Å². The normalized spacial score (nSPS) is 12.8. The molecule has 1 unspecified atom stereocenters. The van der Waals surface area contributed by atoms with Crippen LogP contribution in [-0.4, -0.2) is 11.1 Å². The topological polar surface area (TPSA) is 37.3 Å². The van der Waals surface area contributed by atoms with Crippen molar-refractivity contribution in [2.45, 2.75) is 26.2 Å². The molecule has 1 heterocycles. The Hall–Kier alpha value is -0.830. The van der Waals surface area contributed by atoms with Crippen LogP contribution in [0.4, 0.5) is 0 Å². The average molecular weight is 184 g/mol. The molecular formula is C9H12O2S.